The monoisotopic (exact) mass is 476 g/mol. The Kier molecular flexibility index (Phi) is 8.73. The van der Waals surface area contributed by atoms with E-state index in [2.05, 4.69) is 0 Å². The number of esters is 1. The van der Waals surface area contributed by atoms with Gasteiger partial charge in [0.25, 0.3) is 0 Å². The first-order chi connectivity index (χ1) is 15.4. The Labute approximate surface area is 197 Å². The number of piperazine rings is 1. The molecular weight excluding hydrogens is 451 g/mol. The zero-order valence-electron chi connectivity index (χ0n) is 18.1. The number of hydrogen-bond donors (Lipinski definition) is 0. The van der Waals surface area contributed by atoms with Gasteiger partial charge in [-0.1, -0.05) is 23.4 Å². The Hall–Kier alpha value is -2.35. The molecule has 1 amide bonds. The van der Waals surface area contributed by atoms with E-state index < -0.39 is 0 Å². The van der Waals surface area contributed by atoms with Crippen molar-refractivity contribution in [3.05, 3.63) is 64.4 Å². The van der Waals surface area contributed by atoms with E-state index in [0.717, 1.165) is 20.9 Å². The van der Waals surface area contributed by atoms with Gasteiger partial charge in [-0.25, -0.2) is 4.39 Å². The highest BCUT2D eigenvalue weighted by molar-refractivity contribution is 7.99. The fourth-order valence-electron chi connectivity index (χ4n) is 3.33. The van der Waals surface area contributed by atoms with E-state index in [4.69, 9.17) is 16.3 Å². The van der Waals surface area contributed by atoms with Crippen molar-refractivity contribution in [3.63, 3.8) is 0 Å². The van der Waals surface area contributed by atoms with Crippen molar-refractivity contribution in [3.8, 4) is 0 Å². The minimum Gasteiger partial charge on any atom is -0.465 e. The molecule has 2 aromatic rings. The SMILES string of the molecule is CCOC(=O)CN1CCN(C(=O)C=Cc2cc(C)c(Sc3ccc(F)cc3)cc2Cl)CC1. The third kappa shape index (κ3) is 6.82. The van der Waals surface area contributed by atoms with Crippen molar-refractivity contribution in [1.82, 2.24) is 9.80 Å². The molecule has 0 N–H and O–H groups in total. The topological polar surface area (TPSA) is 49.9 Å². The maximum atomic E-state index is 13.1. The first-order valence-corrected chi connectivity index (χ1v) is 11.6. The Morgan fingerprint density at radius 1 is 1.16 bits per heavy atom. The van der Waals surface area contributed by atoms with Gasteiger partial charge in [-0.15, -0.1) is 0 Å². The summed E-state index contributed by atoms with van der Waals surface area (Å²) in [6.07, 6.45) is 3.27. The van der Waals surface area contributed by atoms with Crippen LogP contribution in [0.2, 0.25) is 5.02 Å². The first-order valence-electron chi connectivity index (χ1n) is 10.4. The van der Waals surface area contributed by atoms with Crippen LogP contribution in [0.3, 0.4) is 0 Å². The molecule has 1 aliphatic rings. The van der Waals surface area contributed by atoms with Crippen molar-refractivity contribution in [2.24, 2.45) is 0 Å². The van der Waals surface area contributed by atoms with Gasteiger partial charge in [0, 0.05) is 47.1 Å². The van der Waals surface area contributed by atoms with Gasteiger partial charge in [0.15, 0.2) is 0 Å². The number of benzene rings is 2. The second-order valence-electron chi connectivity index (χ2n) is 7.43. The summed E-state index contributed by atoms with van der Waals surface area (Å²) < 4.78 is 18.1. The summed E-state index contributed by atoms with van der Waals surface area (Å²) in [7, 11) is 0. The van der Waals surface area contributed by atoms with Crippen LogP contribution in [0.1, 0.15) is 18.1 Å². The average Bonchev–Trinajstić information content (AvgIpc) is 2.77. The molecule has 8 heteroatoms. The fraction of sp³-hybridized carbons (Fsp3) is 0.333. The molecule has 0 aliphatic carbocycles. The molecule has 5 nitrogen and oxygen atoms in total. The summed E-state index contributed by atoms with van der Waals surface area (Å²) in [5.74, 6) is -0.591. The van der Waals surface area contributed by atoms with Crippen LogP contribution in [0.5, 0.6) is 0 Å². The zero-order valence-corrected chi connectivity index (χ0v) is 19.7. The van der Waals surface area contributed by atoms with Crippen LogP contribution in [0, 0.1) is 12.7 Å². The summed E-state index contributed by atoms with van der Waals surface area (Å²) in [6.45, 7) is 6.77. The van der Waals surface area contributed by atoms with E-state index >= 15 is 0 Å². The molecule has 0 unspecified atom stereocenters. The fourth-order valence-corrected chi connectivity index (χ4v) is 4.55. The van der Waals surface area contributed by atoms with E-state index in [0.29, 0.717) is 37.8 Å². The smallest absolute Gasteiger partial charge is 0.320 e. The molecular formula is C24H26ClFN2O3S. The lowest BCUT2D eigenvalue weighted by atomic mass is 10.1. The molecule has 32 heavy (non-hydrogen) atoms. The number of ether oxygens (including phenoxy) is 1. The molecule has 3 rings (SSSR count). The van der Waals surface area contributed by atoms with Crippen LogP contribution < -0.4 is 0 Å². The first kappa shape index (κ1) is 24.3. The van der Waals surface area contributed by atoms with E-state index in [1.807, 2.05) is 24.0 Å². The second kappa shape index (κ2) is 11.5. The van der Waals surface area contributed by atoms with Gasteiger partial charge in [0.05, 0.1) is 13.2 Å². The van der Waals surface area contributed by atoms with Crippen LogP contribution in [0.25, 0.3) is 6.08 Å². The van der Waals surface area contributed by atoms with Gasteiger partial charge in [-0.3, -0.25) is 14.5 Å². The standard InChI is InChI=1S/C24H26ClFN2O3S/c1-3-31-24(30)16-27-10-12-28(13-11-27)23(29)9-4-18-14-17(2)22(15-21(18)25)32-20-7-5-19(26)6-8-20/h4-9,14-15H,3,10-13,16H2,1-2H3. The molecule has 1 heterocycles. The number of hydrogen-bond acceptors (Lipinski definition) is 5. The third-order valence-corrected chi connectivity index (χ3v) is 6.58. The highest BCUT2D eigenvalue weighted by Crippen LogP contribution is 2.34. The van der Waals surface area contributed by atoms with Crippen molar-refractivity contribution in [2.75, 3.05) is 39.3 Å². The van der Waals surface area contributed by atoms with E-state index in [9.17, 15) is 14.0 Å². The quantitative estimate of drug-likeness (QED) is 0.429. The summed E-state index contributed by atoms with van der Waals surface area (Å²) in [4.78, 5) is 29.8. The molecule has 0 bridgehead atoms. The summed E-state index contributed by atoms with van der Waals surface area (Å²) in [5, 5.41) is 0.545. The number of carbonyl (C=O) groups is 2. The Balaban J connectivity index is 1.58. The van der Waals surface area contributed by atoms with E-state index in [-0.39, 0.29) is 24.2 Å². The Morgan fingerprint density at radius 2 is 1.84 bits per heavy atom. The molecule has 0 spiro atoms. The lowest BCUT2D eigenvalue weighted by molar-refractivity contribution is -0.145. The molecule has 2 aromatic carbocycles. The van der Waals surface area contributed by atoms with Gasteiger partial charge in [-0.05, 0) is 67.4 Å². The largest absolute Gasteiger partial charge is 0.465 e. The predicted molar refractivity (Wildman–Crippen MR) is 125 cm³/mol. The summed E-state index contributed by atoms with van der Waals surface area (Å²) >= 11 is 7.97. The number of aryl methyl sites for hydroxylation is 1. The van der Waals surface area contributed by atoms with Crippen molar-refractivity contribution >= 4 is 41.3 Å². The van der Waals surface area contributed by atoms with Crippen molar-refractivity contribution in [1.29, 1.82) is 0 Å². The van der Waals surface area contributed by atoms with Crippen LogP contribution >= 0.6 is 23.4 Å². The number of carbonyl (C=O) groups excluding carboxylic acids is 2. The van der Waals surface area contributed by atoms with Gasteiger partial charge in [0.1, 0.15) is 5.82 Å². The number of rotatable bonds is 7. The van der Waals surface area contributed by atoms with Crippen molar-refractivity contribution < 1.29 is 18.7 Å². The summed E-state index contributed by atoms with van der Waals surface area (Å²) in [5.41, 5.74) is 1.78. The minimum absolute atomic E-state index is 0.0840. The van der Waals surface area contributed by atoms with Gasteiger partial charge < -0.3 is 9.64 Å². The molecule has 0 atom stereocenters. The highest BCUT2D eigenvalue weighted by atomic mass is 35.5. The molecule has 0 aromatic heterocycles. The molecule has 0 saturated carbocycles. The van der Waals surface area contributed by atoms with E-state index in [1.165, 1.54) is 30.0 Å². The van der Waals surface area contributed by atoms with Gasteiger partial charge >= 0.3 is 5.97 Å². The molecule has 1 aliphatic heterocycles. The lowest BCUT2D eigenvalue weighted by Gasteiger charge is -2.33. The predicted octanol–water partition coefficient (Wildman–Crippen LogP) is 4.66. The molecule has 170 valence electrons. The van der Waals surface area contributed by atoms with Crippen LogP contribution in [0.15, 0.2) is 52.3 Å². The van der Waals surface area contributed by atoms with Gasteiger partial charge in [0.2, 0.25) is 5.91 Å². The lowest BCUT2D eigenvalue weighted by Crippen LogP contribution is -2.49. The average molecular weight is 477 g/mol. The second-order valence-corrected chi connectivity index (χ2v) is 8.96. The minimum atomic E-state index is -0.269. The number of amides is 1. The zero-order chi connectivity index (χ0) is 23.1. The number of halogens is 2. The Bertz CT molecular complexity index is 989. The highest BCUT2D eigenvalue weighted by Gasteiger charge is 2.21. The molecule has 1 saturated heterocycles. The number of nitrogens with zero attached hydrogens (tertiary/aromatic N) is 2. The Morgan fingerprint density at radius 3 is 2.50 bits per heavy atom. The maximum Gasteiger partial charge on any atom is 0.320 e. The maximum absolute atomic E-state index is 13.1. The molecule has 1 fully saturated rings. The normalized spacial score (nSPS) is 14.7. The van der Waals surface area contributed by atoms with Crippen LogP contribution in [-0.2, 0) is 14.3 Å². The van der Waals surface area contributed by atoms with Gasteiger partial charge in [-0.2, -0.15) is 0 Å². The summed E-state index contributed by atoms with van der Waals surface area (Å²) in [6, 6.07) is 10.1. The van der Waals surface area contributed by atoms with Crippen LogP contribution in [0.4, 0.5) is 4.39 Å². The third-order valence-electron chi connectivity index (χ3n) is 5.08. The van der Waals surface area contributed by atoms with Crippen LogP contribution in [-0.4, -0.2) is 61.0 Å². The van der Waals surface area contributed by atoms with Crippen molar-refractivity contribution in [2.45, 2.75) is 23.6 Å². The molecule has 0 radical (unpaired) electrons. The van der Waals surface area contributed by atoms with E-state index in [1.54, 1.807) is 30.0 Å².